The van der Waals surface area contributed by atoms with E-state index in [9.17, 15) is 5.48 Å². The molecule has 6 nitrogen and oxygen atoms in total. The SMILES string of the molecule is [2H]c1c([2H])c([2H])c(-c2ccc3c(c2)c2cc(-n4c5ccc(C(C)(C)C)cc5c5cc(C(C)(C)C)ccc54)cc4c2n3-c2cc3c(c5c2B4c2cc(-n4c6ccc(C(C)(C)C)cc6c6cc(C(C)(C)C)ccc64)cc4c6cc(-n7c8ccc(C(C)(C)C)cc8c8cc(C(C)(C)C)ccc87)ccc6n-5c24)c2cccc4c5ccccc5c5ccccc5c5ccccc5n3c42)c([2H])c1[2H]. The van der Waals surface area contributed by atoms with E-state index in [2.05, 4.69) is 413 Å². The normalized spacial score (nSPS) is 14.1. The molecule has 0 saturated carbocycles. The van der Waals surface area contributed by atoms with Gasteiger partial charge >= 0.3 is 0 Å². The van der Waals surface area contributed by atoms with Gasteiger partial charge in [0, 0.05) is 109 Å². The molecule has 25 rings (SSSR count). The Morgan fingerprint density at radius 3 is 1.02 bits per heavy atom. The maximum Gasteiger partial charge on any atom is 0.252 e. The van der Waals surface area contributed by atoms with Crippen LogP contribution in [0.4, 0.5) is 0 Å². The van der Waals surface area contributed by atoms with Crippen molar-refractivity contribution in [2.75, 3.05) is 0 Å². The molecule has 0 N–H and O–H groups in total. The van der Waals surface area contributed by atoms with Crippen LogP contribution in [0.5, 0.6) is 0 Å². The van der Waals surface area contributed by atoms with Gasteiger partial charge in [0.05, 0.1) is 73.2 Å². The Morgan fingerprint density at radius 1 is 0.228 bits per heavy atom. The second-order valence-electron chi connectivity index (χ2n) is 43.0. The molecule has 616 valence electrons. The molecule has 7 aromatic heterocycles. The first-order valence-corrected chi connectivity index (χ1v) is 45.4. The van der Waals surface area contributed by atoms with Crippen LogP contribution in [0.2, 0.25) is 0 Å². The van der Waals surface area contributed by atoms with Crippen molar-refractivity contribution in [2.45, 2.75) is 157 Å². The van der Waals surface area contributed by atoms with Crippen molar-refractivity contribution in [1.29, 1.82) is 0 Å². The predicted octanol–water partition coefficient (Wildman–Crippen LogP) is 30.3. The monoisotopic (exact) mass is 1640 g/mol. The number of benzene rings is 16. The van der Waals surface area contributed by atoms with Crippen molar-refractivity contribution in [3.63, 3.8) is 0 Å². The van der Waals surface area contributed by atoms with E-state index in [0.29, 0.717) is 5.56 Å². The zero-order valence-electron chi connectivity index (χ0n) is 80.7. The molecular formula is C120H103BN6. The lowest BCUT2D eigenvalue weighted by Gasteiger charge is -2.35. The Bertz CT molecular complexity index is 9050. The highest BCUT2D eigenvalue weighted by molar-refractivity contribution is 7.00. The van der Waals surface area contributed by atoms with Crippen LogP contribution in [0, 0.1) is 0 Å². The van der Waals surface area contributed by atoms with Crippen LogP contribution in [-0.2, 0) is 32.5 Å². The Hall–Kier alpha value is -13.6. The van der Waals surface area contributed by atoms with Crippen LogP contribution < -0.4 is 16.4 Å². The van der Waals surface area contributed by atoms with Crippen LogP contribution in [0.15, 0.2) is 297 Å². The summed E-state index contributed by atoms with van der Waals surface area (Å²) in [4.78, 5) is 0. The molecule has 127 heavy (non-hydrogen) atoms. The summed E-state index contributed by atoms with van der Waals surface area (Å²) in [6, 6.07) is 102. The van der Waals surface area contributed by atoms with Crippen molar-refractivity contribution >= 4 is 192 Å². The summed E-state index contributed by atoms with van der Waals surface area (Å²) in [6.07, 6.45) is 0. The number of nitrogens with zero attached hydrogens (tertiary/aromatic N) is 6. The van der Waals surface area contributed by atoms with Crippen molar-refractivity contribution in [3.8, 4) is 39.6 Å². The molecule has 0 unspecified atom stereocenters. The number of hydrogen-bond donors (Lipinski definition) is 0. The van der Waals surface area contributed by atoms with Gasteiger partial charge in [-0.05, 0) is 254 Å². The first-order chi connectivity index (χ1) is 62.9. The van der Waals surface area contributed by atoms with Gasteiger partial charge in [0.2, 0.25) is 0 Å². The Kier molecular flexibility index (Phi) is 14.2. The number of rotatable bonds is 4. The average Bonchev–Trinajstić information content (AvgIpc) is 1.48. The van der Waals surface area contributed by atoms with Crippen LogP contribution in [0.3, 0.4) is 0 Å². The molecule has 0 saturated heterocycles. The van der Waals surface area contributed by atoms with E-state index in [1.54, 1.807) is 0 Å². The maximum absolute atomic E-state index is 9.71. The Balaban J connectivity index is 0.917. The third-order valence-corrected chi connectivity index (χ3v) is 29.1. The van der Waals surface area contributed by atoms with Crippen LogP contribution in [0.25, 0.3) is 208 Å². The lowest BCUT2D eigenvalue weighted by molar-refractivity contribution is 0.590. The second kappa shape index (κ2) is 25.6. The van der Waals surface area contributed by atoms with Gasteiger partial charge in [-0.3, -0.25) is 0 Å². The number of aromatic nitrogens is 6. The lowest BCUT2D eigenvalue weighted by Crippen LogP contribution is -2.59. The zero-order chi connectivity index (χ0) is 91.2. The zero-order valence-corrected chi connectivity index (χ0v) is 75.7. The van der Waals surface area contributed by atoms with E-state index in [-0.39, 0.29) is 62.2 Å². The minimum Gasteiger partial charge on any atom is -0.310 e. The van der Waals surface area contributed by atoms with E-state index < -0.39 is 12.8 Å². The first kappa shape index (κ1) is 70.6. The van der Waals surface area contributed by atoms with Gasteiger partial charge in [-0.1, -0.05) is 282 Å². The van der Waals surface area contributed by atoms with Gasteiger partial charge in [0.25, 0.3) is 6.71 Å². The quantitative estimate of drug-likeness (QED) is 0.157. The van der Waals surface area contributed by atoms with Crippen LogP contribution in [0.1, 0.15) is 165 Å². The van der Waals surface area contributed by atoms with Gasteiger partial charge in [0.15, 0.2) is 0 Å². The molecule has 0 amide bonds. The van der Waals surface area contributed by atoms with Gasteiger partial charge in [-0.2, -0.15) is 0 Å². The van der Waals surface area contributed by atoms with Gasteiger partial charge in [-0.15, -0.1) is 0 Å². The average molecular weight is 1650 g/mol. The number of para-hydroxylation sites is 2. The molecule has 0 bridgehead atoms. The molecular weight excluding hydrogens is 1540 g/mol. The predicted molar refractivity (Wildman–Crippen MR) is 548 cm³/mol. The Morgan fingerprint density at radius 2 is 0.567 bits per heavy atom. The van der Waals surface area contributed by atoms with E-state index in [1.165, 1.54) is 76.5 Å². The molecule has 2 aliphatic rings. The fourth-order valence-corrected chi connectivity index (χ4v) is 22.5. The first-order valence-electron chi connectivity index (χ1n) is 47.9. The third kappa shape index (κ3) is 10.7. The molecule has 23 aromatic rings. The standard InChI is InChI=1S/C120H103BN6/c1-115(2,3)70-40-48-99-87(56-70)88-57-71(116(4,5)6)41-49-100(88)122(99)76-46-54-106-93(62-76)95-64-78(124-103-52-44-74(119(13,14)15)60-91(103)92-61-75(120(16,17)18)45-53-104(92)124)66-97-113(95)127(106)114-109-85-37-28-36-84-82-34-25-23-32-80(82)79-31-22-24-33-81(79)83-35-26-27-38-98(83)125(111(84)85)107(109)67-108-110(114)121(97)96-65-77(63-94-86-55-69(68-29-20-19-21-30-68)39-47-105(86)126(108)112(94)96)123-101-50-42-72(117(7,8)9)58-89(101)90-59-73(118(10,11)12)43-51-102(90)123/h19-67H,1-18H3/i19D,20D,21D,29D,30D. The van der Waals surface area contributed by atoms with E-state index in [1.807, 2.05) is 6.07 Å². The summed E-state index contributed by atoms with van der Waals surface area (Å²) in [5.41, 5.74) is 30.4. The van der Waals surface area contributed by atoms with Crippen molar-refractivity contribution in [3.05, 3.63) is 331 Å². The van der Waals surface area contributed by atoms with Crippen LogP contribution >= 0.6 is 0 Å². The molecule has 0 spiro atoms. The molecule has 0 fully saturated rings. The minimum atomic E-state index is -0.481. The number of hydrogen-bond acceptors (Lipinski definition) is 0. The molecule has 16 aromatic carbocycles. The molecule has 0 radical (unpaired) electrons. The van der Waals surface area contributed by atoms with Crippen LogP contribution in [-0.4, -0.2) is 33.9 Å². The minimum absolute atomic E-state index is 0.0992. The maximum atomic E-state index is 9.71. The summed E-state index contributed by atoms with van der Waals surface area (Å²) in [5.74, 6) is 0. The fourth-order valence-electron chi connectivity index (χ4n) is 22.5. The molecule has 7 heteroatoms. The third-order valence-electron chi connectivity index (χ3n) is 29.1. The summed E-state index contributed by atoms with van der Waals surface area (Å²) in [5, 5.41) is 20.5. The van der Waals surface area contributed by atoms with Crippen molar-refractivity contribution in [2.24, 2.45) is 0 Å². The fraction of sp³-hybridized carbons (Fsp3) is 0.200. The van der Waals surface area contributed by atoms with E-state index in [4.69, 9.17) is 1.37 Å². The molecule has 2 aliphatic heterocycles. The smallest absolute Gasteiger partial charge is 0.252 e. The van der Waals surface area contributed by atoms with Gasteiger partial charge in [0.1, 0.15) is 0 Å². The topological polar surface area (TPSA) is 29.1 Å². The molecule has 0 atom stereocenters. The summed E-state index contributed by atoms with van der Waals surface area (Å²) >= 11 is 0. The highest BCUT2D eigenvalue weighted by Crippen LogP contribution is 2.51. The summed E-state index contributed by atoms with van der Waals surface area (Å²) in [6.45, 7) is 41.3. The number of fused-ring (bicyclic) bond motifs is 30. The van der Waals surface area contributed by atoms with Crippen molar-refractivity contribution in [1.82, 2.24) is 27.2 Å². The largest absolute Gasteiger partial charge is 0.310 e. The molecule has 9 heterocycles. The molecule has 0 aliphatic carbocycles. The summed E-state index contributed by atoms with van der Waals surface area (Å²) < 4.78 is 62.3. The highest BCUT2D eigenvalue weighted by atomic mass is 15.1. The van der Waals surface area contributed by atoms with Crippen molar-refractivity contribution < 1.29 is 6.85 Å². The van der Waals surface area contributed by atoms with Gasteiger partial charge < -0.3 is 27.2 Å². The lowest BCUT2D eigenvalue weighted by atomic mass is 9.34. The Labute approximate surface area is 748 Å². The van der Waals surface area contributed by atoms with E-state index >= 15 is 0 Å². The second-order valence-corrected chi connectivity index (χ2v) is 43.0. The van der Waals surface area contributed by atoms with E-state index in [0.717, 1.165) is 170 Å². The highest BCUT2D eigenvalue weighted by Gasteiger charge is 2.45. The van der Waals surface area contributed by atoms with Gasteiger partial charge in [-0.25, -0.2) is 0 Å². The summed E-state index contributed by atoms with van der Waals surface area (Å²) in [7, 11) is 0.